The monoisotopic (exact) mass is 283 g/mol. The van der Waals surface area contributed by atoms with Crippen LogP contribution >= 0.6 is 0 Å². The number of pyridine rings is 1. The maximum absolute atomic E-state index is 11.3. The number of rotatable bonds is 3. The predicted octanol–water partition coefficient (Wildman–Crippen LogP) is 2.83. The fourth-order valence-electron chi connectivity index (χ4n) is 2.68. The SMILES string of the molecule is CC(=O)N1CC[C](COc2cccc3cnccc23)CC1. The van der Waals surface area contributed by atoms with Gasteiger partial charge in [0.25, 0.3) is 0 Å². The number of carbonyl (C=O) groups excluding carboxylic acids is 1. The number of ether oxygens (including phenoxy) is 1. The van der Waals surface area contributed by atoms with E-state index < -0.39 is 0 Å². The molecule has 21 heavy (non-hydrogen) atoms. The maximum atomic E-state index is 11.3. The number of benzene rings is 1. The molecule has 3 rings (SSSR count). The van der Waals surface area contributed by atoms with Crippen molar-refractivity contribution < 1.29 is 9.53 Å². The summed E-state index contributed by atoms with van der Waals surface area (Å²) in [5.74, 6) is 2.44. The third kappa shape index (κ3) is 3.15. The highest BCUT2D eigenvalue weighted by Gasteiger charge is 2.21. The molecule has 0 bridgehead atoms. The van der Waals surface area contributed by atoms with Crippen LogP contribution in [-0.4, -0.2) is 35.5 Å². The first-order chi connectivity index (χ1) is 10.2. The third-order valence-corrected chi connectivity index (χ3v) is 3.99. The third-order valence-electron chi connectivity index (χ3n) is 3.99. The number of fused-ring (bicyclic) bond motifs is 1. The topological polar surface area (TPSA) is 42.4 Å². The Kier molecular flexibility index (Phi) is 4.04. The van der Waals surface area contributed by atoms with Crippen molar-refractivity contribution in [2.75, 3.05) is 19.7 Å². The number of likely N-dealkylation sites (tertiary alicyclic amines) is 1. The second-order valence-corrected chi connectivity index (χ2v) is 5.40. The van der Waals surface area contributed by atoms with Crippen molar-refractivity contribution in [2.45, 2.75) is 19.8 Å². The Morgan fingerprint density at radius 2 is 2.10 bits per heavy atom. The first-order valence-corrected chi connectivity index (χ1v) is 7.28. The molecule has 2 aromatic rings. The molecule has 0 saturated carbocycles. The van der Waals surface area contributed by atoms with E-state index in [1.807, 2.05) is 35.4 Å². The van der Waals surface area contributed by atoms with E-state index in [-0.39, 0.29) is 5.91 Å². The molecule has 1 fully saturated rings. The Morgan fingerprint density at radius 1 is 1.29 bits per heavy atom. The molecule has 0 spiro atoms. The van der Waals surface area contributed by atoms with E-state index in [2.05, 4.69) is 4.98 Å². The van der Waals surface area contributed by atoms with Crippen LogP contribution in [0.3, 0.4) is 0 Å². The molecule has 109 valence electrons. The molecule has 4 heteroatoms. The normalized spacial score (nSPS) is 16.1. The van der Waals surface area contributed by atoms with E-state index >= 15 is 0 Å². The molecule has 1 aliphatic heterocycles. The van der Waals surface area contributed by atoms with Crippen LogP contribution in [0.5, 0.6) is 5.75 Å². The quantitative estimate of drug-likeness (QED) is 0.870. The minimum atomic E-state index is 0.163. The highest BCUT2D eigenvalue weighted by molar-refractivity contribution is 5.87. The summed E-state index contributed by atoms with van der Waals surface area (Å²) in [6.07, 6.45) is 5.51. The summed E-state index contributed by atoms with van der Waals surface area (Å²) in [6.45, 7) is 3.89. The van der Waals surface area contributed by atoms with Gasteiger partial charge in [0, 0.05) is 49.1 Å². The van der Waals surface area contributed by atoms with E-state index in [1.165, 1.54) is 5.92 Å². The van der Waals surface area contributed by atoms with Crippen LogP contribution < -0.4 is 4.74 Å². The van der Waals surface area contributed by atoms with Gasteiger partial charge in [-0.05, 0) is 25.0 Å². The summed E-state index contributed by atoms with van der Waals surface area (Å²) in [5, 5.41) is 2.18. The number of hydrogen-bond acceptors (Lipinski definition) is 3. The first-order valence-electron chi connectivity index (χ1n) is 7.28. The molecule has 1 radical (unpaired) electrons. The molecule has 0 atom stereocenters. The van der Waals surface area contributed by atoms with E-state index in [0.29, 0.717) is 6.61 Å². The van der Waals surface area contributed by atoms with Gasteiger partial charge in [0.1, 0.15) is 5.75 Å². The van der Waals surface area contributed by atoms with Crippen LogP contribution in [-0.2, 0) is 4.79 Å². The standard InChI is InChI=1S/C17H19N2O2/c1-13(20)19-9-6-14(7-10-19)12-21-17-4-2-3-15-11-18-8-5-16(15)17/h2-5,8,11H,6-7,9-10,12H2,1H3. The van der Waals surface area contributed by atoms with Gasteiger partial charge in [0.2, 0.25) is 5.91 Å². The van der Waals surface area contributed by atoms with Crippen LogP contribution in [0, 0.1) is 5.92 Å². The average Bonchev–Trinajstić information content (AvgIpc) is 2.53. The van der Waals surface area contributed by atoms with Crippen LogP contribution in [0.2, 0.25) is 0 Å². The predicted molar refractivity (Wildman–Crippen MR) is 82.0 cm³/mol. The minimum absolute atomic E-state index is 0.163. The zero-order valence-electron chi connectivity index (χ0n) is 12.2. The molecule has 1 aromatic heterocycles. The average molecular weight is 283 g/mol. The Balaban J connectivity index is 1.61. The van der Waals surface area contributed by atoms with Gasteiger partial charge in [-0.15, -0.1) is 0 Å². The number of carbonyl (C=O) groups is 1. The van der Waals surface area contributed by atoms with Crippen LogP contribution in [0.15, 0.2) is 36.7 Å². The van der Waals surface area contributed by atoms with E-state index in [0.717, 1.165) is 42.5 Å². The van der Waals surface area contributed by atoms with Gasteiger partial charge in [0.05, 0.1) is 6.61 Å². The summed E-state index contributed by atoms with van der Waals surface area (Å²) in [5.41, 5.74) is 0. The molecular weight excluding hydrogens is 264 g/mol. The van der Waals surface area contributed by atoms with Gasteiger partial charge in [-0.1, -0.05) is 12.1 Å². The van der Waals surface area contributed by atoms with Gasteiger partial charge < -0.3 is 9.64 Å². The van der Waals surface area contributed by atoms with Crippen LogP contribution in [0.25, 0.3) is 10.8 Å². The van der Waals surface area contributed by atoms with Crippen LogP contribution in [0.1, 0.15) is 19.8 Å². The van der Waals surface area contributed by atoms with E-state index in [1.54, 1.807) is 13.1 Å². The lowest BCUT2D eigenvalue weighted by molar-refractivity contribution is -0.129. The minimum Gasteiger partial charge on any atom is -0.492 e. The fourth-order valence-corrected chi connectivity index (χ4v) is 2.68. The molecule has 0 N–H and O–H groups in total. The summed E-state index contributed by atoms with van der Waals surface area (Å²) < 4.78 is 5.99. The molecule has 1 saturated heterocycles. The largest absolute Gasteiger partial charge is 0.492 e. The van der Waals surface area contributed by atoms with Gasteiger partial charge in [-0.25, -0.2) is 0 Å². The highest BCUT2D eigenvalue weighted by Crippen LogP contribution is 2.27. The summed E-state index contributed by atoms with van der Waals surface area (Å²) in [7, 11) is 0. The lowest BCUT2D eigenvalue weighted by Crippen LogP contribution is -2.37. The number of aromatic nitrogens is 1. The molecule has 2 heterocycles. The molecule has 1 amide bonds. The summed E-state index contributed by atoms with van der Waals surface area (Å²) >= 11 is 0. The zero-order valence-corrected chi connectivity index (χ0v) is 12.2. The second kappa shape index (κ2) is 6.12. The fraction of sp³-hybridized carbons (Fsp3) is 0.353. The van der Waals surface area contributed by atoms with E-state index in [9.17, 15) is 4.79 Å². The number of piperidine rings is 1. The van der Waals surface area contributed by atoms with Crippen molar-refractivity contribution in [1.82, 2.24) is 9.88 Å². The molecule has 4 nitrogen and oxygen atoms in total. The van der Waals surface area contributed by atoms with Crippen LogP contribution in [0.4, 0.5) is 0 Å². The van der Waals surface area contributed by atoms with Crippen molar-refractivity contribution in [3.8, 4) is 5.75 Å². The van der Waals surface area contributed by atoms with E-state index in [4.69, 9.17) is 4.74 Å². The summed E-state index contributed by atoms with van der Waals surface area (Å²) in [6, 6.07) is 8.00. The van der Waals surface area contributed by atoms with Crippen molar-refractivity contribution >= 4 is 16.7 Å². The number of hydrogen-bond donors (Lipinski definition) is 0. The lowest BCUT2D eigenvalue weighted by atomic mass is 9.98. The van der Waals surface area contributed by atoms with Gasteiger partial charge in [0.15, 0.2) is 0 Å². The number of amides is 1. The van der Waals surface area contributed by atoms with Gasteiger partial charge in [-0.3, -0.25) is 9.78 Å². The highest BCUT2D eigenvalue weighted by atomic mass is 16.5. The zero-order chi connectivity index (χ0) is 14.7. The molecule has 1 aromatic carbocycles. The van der Waals surface area contributed by atoms with Crippen molar-refractivity contribution in [2.24, 2.45) is 0 Å². The molecule has 0 unspecified atom stereocenters. The second-order valence-electron chi connectivity index (χ2n) is 5.40. The maximum Gasteiger partial charge on any atom is 0.219 e. The van der Waals surface area contributed by atoms with Gasteiger partial charge >= 0.3 is 0 Å². The smallest absolute Gasteiger partial charge is 0.219 e. The molecule has 1 aliphatic rings. The van der Waals surface area contributed by atoms with Crippen molar-refractivity contribution in [3.05, 3.63) is 42.6 Å². The van der Waals surface area contributed by atoms with Gasteiger partial charge in [-0.2, -0.15) is 0 Å². The summed E-state index contributed by atoms with van der Waals surface area (Å²) in [4.78, 5) is 17.3. The lowest BCUT2D eigenvalue weighted by Gasteiger charge is -2.30. The Hall–Kier alpha value is -2.10. The van der Waals surface area contributed by atoms with Crippen molar-refractivity contribution in [1.29, 1.82) is 0 Å². The van der Waals surface area contributed by atoms with Crippen molar-refractivity contribution in [3.63, 3.8) is 0 Å². The first kappa shape index (κ1) is 13.9. The molecule has 0 aliphatic carbocycles. The molecular formula is C17H19N2O2. The Bertz CT molecular complexity index is 628. The Labute approximate surface area is 124 Å². The number of nitrogens with zero attached hydrogens (tertiary/aromatic N) is 2. The Morgan fingerprint density at radius 3 is 2.86 bits per heavy atom.